The third-order valence-electron chi connectivity index (χ3n) is 8.72. The smallest absolute Gasteiger partial charge is 0.112 e. The molecule has 0 N–H and O–H groups in total. The van der Waals surface area contributed by atoms with Gasteiger partial charge in [0.15, 0.2) is 0 Å². The fraction of sp³-hybridized carbons (Fsp3) is 1.00. The Labute approximate surface area is 188 Å². The van der Waals surface area contributed by atoms with E-state index in [2.05, 4.69) is 69.2 Å². The van der Waals surface area contributed by atoms with Crippen LogP contribution in [0.25, 0.3) is 0 Å². The molecule has 0 spiro atoms. The first-order valence-corrected chi connectivity index (χ1v) is 12.1. The zero-order chi connectivity index (χ0) is 22.7. The summed E-state index contributed by atoms with van der Waals surface area (Å²) >= 11 is 0. The Hall–Kier alpha value is -0.140. The maximum absolute atomic E-state index is 13.0. The molecule has 5 rings (SSSR count). The molecule has 5 aliphatic carbocycles. The zero-order valence-corrected chi connectivity index (χ0v) is 21.4. The van der Waals surface area contributed by atoms with Crippen LogP contribution in [0.1, 0.15) is 129 Å². The molecule has 0 radical (unpaired) electrons. The van der Waals surface area contributed by atoms with E-state index in [0.717, 1.165) is 43.9 Å². The van der Waals surface area contributed by atoms with E-state index in [1.54, 1.807) is 6.92 Å². The van der Waals surface area contributed by atoms with E-state index in [9.17, 15) is 8.78 Å². The molecular formula is C28H54F2. The highest BCUT2D eigenvalue weighted by Gasteiger charge is 2.72. The molecule has 5 fully saturated rings. The second-order valence-corrected chi connectivity index (χ2v) is 14.7. The highest BCUT2D eigenvalue weighted by molar-refractivity contribution is 5.22. The highest BCUT2D eigenvalue weighted by Crippen LogP contribution is 2.75. The molecule has 2 bridgehead atoms. The van der Waals surface area contributed by atoms with Gasteiger partial charge in [0.25, 0.3) is 0 Å². The summed E-state index contributed by atoms with van der Waals surface area (Å²) in [4.78, 5) is 0. The van der Waals surface area contributed by atoms with Crippen molar-refractivity contribution in [2.45, 2.75) is 140 Å². The van der Waals surface area contributed by atoms with Crippen LogP contribution >= 0.6 is 0 Å². The van der Waals surface area contributed by atoms with E-state index in [0.29, 0.717) is 27.6 Å². The molecule has 0 aromatic carbocycles. The largest absolute Gasteiger partial charge is 0.244 e. The third-order valence-corrected chi connectivity index (χ3v) is 8.72. The molecule has 0 aromatic rings. The Bertz CT molecular complexity index is 523. The van der Waals surface area contributed by atoms with Crippen molar-refractivity contribution in [1.82, 2.24) is 0 Å². The van der Waals surface area contributed by atoms with E-state index in [1.807, 2.05) is 0 Å². The average molecular weight is 429 g/mol. The summed E-state index contributed by atoms with van der Waals surface area (Å²) in [7, 11) is 0. The molecule has 180 valence electrons. The van der Waals surface area contributed by atoms with Crippen LogP contribution in [0.4, 0.5) is 8.78 Å². The van der Waals surface area contributed by atoms with Gasteiger partial charge in [0.1, 0.15) is 11.3 Å². The minimum atomic E-state index is -0.849. The fourth-order valence-electron chi connectivity index (χ4n) is 5.65. The van der Waals surface area contributed by atoms with Gasteiger partial charge in [-0.25, -0.2) is 8.78 Å². The van der Waals surface area contributed by atoms with E-state index < -0.39 is 11.3 Å². The first kappa shape index (κ1) is 27.9. The Morgan fingerprint density at radius 2 is 1.07 bits per heavy atom. The SMILES string of the molecule is C.CC(C)(C)C12CC(F)(C1)C2.CC1(F)CC(C(C)(C)C)C1.CC1CC(C(C)(C)C)C1. The summed E-state index contributed by atoms with van der Waals surface area (Å²) in [6.45, 7) is 24.4. The highest BCUT2D eigenvalue weighted by atomic mass is 19.1. The third kappa shape index (κ3) is 6.22. The van der Waals surface area contributed by atoms with Crippen molar-refractivity contribution in [1.29, 1.82) is 0 Å². The van der Waals surface area contributed by atoms with Crippen LogP contribution in [-0.4, -0.2) is 11.3 Å². The second kappa shape index (κ2) is 8.33. The predicted molar refractivity (Wildman–Crippen MR) is 129 cm³/mol. The Kier molecular flexibility index (Phi) is 7.74. The van der Waals surface area contributed by atoms with Gasteiger partial charge in [-0.2, -0.15) is 0 Å². The molecule has 0 aromatic heterocycles. The van der Waals surface area contributed by atoms with Crippen molar-refractivity contribution in [2.75, 3.05) is 0 Å². The first-order valence-electron chi connectivity index (χ1n) is 12.1. The first-order chi connectivity index (χ1) is 12.7. The normalized spacial score (nSPS) is 41.7. The molecule has 0 amide bonds. The zero-order valence-electron chi connectivity index (χ0n) is 21.4. The van der Waals surface area contributed by atoms with Gasteiger partial charge in [0.05, 0.1) is 0 Å². The monoisotopic (exact) mass is 428 g/mol. The Morgan fingerprint density at radius 3 is 1.17 bits per heavy atom. The van der Waals surface area contributed by atoms with Crippen LogP contribution in [0, 0.1) is 39.4 Å². The van der Waals surface area contributed by atoms with Gasteiger partial charge in [-0.1, -0.05) is 76.7 Å². The van der Waals surface area contributed by atoms with Gasteiger partial charge < -0.3 is 0 Å². The van der Waals surface area contributed by atoms with Crippen LogP contribution in [-0.2, 0) is 0 Å². The molecule has 0 unspecified atom stereocenters. The van der Waals surface area contributed by atoms with Crippen molar-refractivity contribution in [3.63, 3.8) is 0 Å². The summed E-state index contributed by atoms with van der Waals surface area (Å²) < 4.78 is 26.0. The van der Waals surface area contributed by atoms with Crippen LogP contribution in [0.5, 0.6) is 0 Å². The number of halogens is 2. The van der Waals surface area contributed by atoms with E-state index >= 15 is 0 Å². The standard InChI is InChI=1S/C9H15F.C9H17F.C9H18.CH4/c1-7(2,3)8-4-9(10,5-8)6-8;1-8(2,3)7-5-9(4,10)6-7;1-7-5-8(6-7)9(2,3)4;/h4-6H2,1-3H3;7H,5-6H2,1-4H3;7-8H,5-6H2,1-4H3;1H4. The van der Waals surface area contributed by atoms with Crippen molar-refractivity contribution in [3.05, 3.63) is 0 Å². The van der Waals surface area contributed by atoms with Crippen molar-refractivity contribution in [2.24, 2.45) is 39.4 Å². The Balaban J connectivity index is 0.000000222. The van der Waals surface area contributed by atoms with Gasteiger partial charge in [0, 0.05) is 0 Å². The summed E-state index contributed by atoms with van der Waals surface area (Å²) in [5, 5.41) is 0. The minimum Gasteiger partial charge on any atom is -0.244 e. The number of rotatable bonds is 0. The average Bonchev–Trinajstić information content (AvgIpc) is 2.35. The number of hydrogen-bond acceptors (Lipinski definition) is 0. The van der Waals surface area contributed by atoms with Crippen LogP contribution in [0.15, 0.2) is 0 Å². The summed E-state index contributed by atoms with van der Waals surface area (Å²) in [6.07, 6.45) is 6.95. The lowest BCUT2D eigenvalue weighted by Crippen LogP contribution is -2.69. The van der Waals surface area contributed by atoms with Crippen molar-refractivity contribution < 1.29 is 8.78 Å². The minimum absolute atomic E-state index is 0. The maximum Gasteiger partial charge on any atom is 0.112 e. The van der Waals surface area contributed by atoms with Crippen LogP contribution in [0.3, 0.4) is 0 Å². The molecule has 5 saturated carbocycles. The maximum atomic E-state index is 13.0. The molecule has 0 nitrogen and oxygen atoms in total. The lowest BCUT2D eigenvalue weighted by molar-refractivity contribution is -0.263. The van der Waals surface area contributed by atoms with Gasteiger partial charge >= 0.3 is 0 Å². The van der Waals surface area contributed by atoms with Crippen molar-refractivity contribution >= 4 is 0 Å². The van der Waals surface area contributed by atoms with Gasteiger partial charge in [0.2, 0.25) is 0 Å². The lowest BCUT2D eigenvalue weighted by atomic mass is 9.35. The van der Waals surface area contributed by atoms with Crippen LogP contribution in [0.2, 0.25) is 0 Å². The second-order valence-electron chi connectivity index (χ2n) is 14.7. The summed E-state index contributed by atoms with van der Waals surface area (Å²) in [5.74, 6) is 2.62. The molecule has 0 atom stereocenters. The topological polar surface area (TPSA) is 0 Å². The van der Waals surface area contributed by atoms with Crippen molar-refractivity contribution in [3.8, 4) is 0 Å². The van der Waals surface area contributed by atoms with Crippen LogP contribution < -0.4 is 0 Å². The molecule has 5 aliphatic rings. The van der Waals surface area contributed by atoms with E-state index in [1.165, 1.54) is 12.8 Å². The molecular weight excluding hydrogens is 374 g/mol. The fourth-order valence-corrected chi connectivity index (χ4v) is 5.65. The molecule has 2 heteroatoms. The van der Waals surface area contributed by atoms with Gasteiger partial charge in [-0.05, 0) is 91.3 Å². The van der Waals surface area contributed by atoms with E-state index in [4.69, 9.17) is 0 Å². The summed E-state index contributed by atoms with van der Waals surface area (Å²) in [6, 6.07) is 0. The predicted octanol–water partition coefficient (Wildman–Crippen LogP) is 9.81. The quantitative estimate of drug-likeness (QED) is 0.360. The molecule has 30 heavy (non-hydrogen) atoms. The summed E-state index contributed by atoms with van der Waals surface area (Å²) in [5.41, 5.74) is 0.0475. The van der Waals surface area contributed by atoms with E-state index in [-0.39, 0.29) is 7.43 Å². The Morgan fingerprint density at radius 1 is 0.700 bits per heavy atom. The number of hydrogen-bond donors (Lipinski definition) is 0. The molecule has 0 saturated heterocycles. The number of alkyl halides is 2. The molecule has 0 heterocycles. The lowest BCUT2D eigenvalue weighted by Gasteiger charge is -2.71. The molecule has 0 aliphatic heterocycles. The van der Waals surface area contributed by atoms with Gasteiger partial charge in [-0.15, -0.1) is 0 Å². The van der Waals surface area contributed by atoms with Gasteiger partial charge in [-0.3, -0.25) is 0 Å².